The molecule has 1 aromatic carbocycles. The molecule has 0 unspecified atom stereocenters. The second kappa shape index (κ2) is 14.9. The molecule has 4 amide bonds. The third kappa shape index (κ3) is 7.70. The van der Waals surface area contributed by atoms with E-state index in [-0.39, 0.29) is 41.2 Å². The van der Waals surface area contributed by atoms with Gasteiger partial charge in [-0.25, -0.2) is 27.0 Å². The second-order valence-corrected chi connectivity index (χ2v) is 19.6. The lowest BCUT2D eigenvalue weighted by molar-refractivity contribution is -0.141. The van der Waals surface area contributed by atoms with Crippen molar-refractivity contribution in [1.29, 1.82) is 0 Å². The minimum atomic E-state index is -4.09. The first-order valence-corrected chi connectivity index (χ1v) is 21.6. The molecule has 2 aromatic rings. The molecular weight excluding hydrogens is 777 g/mol. The lowest BCUT2D eigenvalue weighted by Crippen LogP contribution is -2.58. The van der Waals surface area contributed by atoms with Crippen LogP contribution in [0.25, 0.3) is 10.9 Å². The fourth-order valence-corrected chi connectivity index (χ4v) is 9.69. The summed E-state index contributed by atoms with van der Waals surface area (Å²) in [6.45, 7) is 8.11. The number of carbonyl (C=O) groups excluding carboxylic acids is 4. The van der Waals surface area contributed by atoms with Crippen molar-refractivity contribution in [2.24, 2.45) is 11.8 Å². The molecule has 1 saturated heterocycles. The van der Waals surface area contributed by atoms with E-state index in [1.165, 1.54) is 13.2 Å². The number of alkyl halides is 2. The Hall–Kier alpha value is -4.54. The first-order valence-electron chi connectivity index (χ1n) is 20.1. The number of amides is 4. The SMILES string of the molecule is COc1ccc2nc(C)c3c(c2c1)C(F)(F)C[C@]1(C[C@H]2C(=O)N[C@]4(C(=O)NS(=O)(=O)C5(C)CC5)C[C@H]4/C=C\CCCCC[C@H](NC(=O)O[C@H](C)C(C)C)C(=O)N2C1)O3. The van der Waals surface area contributed by atoms with Gasteiger partial charge in [0.1, 0.15) is 35.1 Å². The topological polar surface area (TPSA) is 182 Å². The molecule has 7 rings (SSSR count). The average Bonchev–Trinajstić information content (AvgIpc) is 4.04. The highest BCUT2D eigenvalue weighted by atomic mass is 32.2. The van der Waals surface area contributed by atoms with Crippen molar-refractivity contribution < 1.29 is 50.6 Å². The van der Waals surface area contributed by atoms with Crippen molar-refractivity contribution in [3.05, 3.63) is 41.6 Å². The highest BCUT2D eigenvalue weighted by molar-refractivity contribution is 7.91. The normalized spacial score (nSPS) is 30.0. The van der Waals surface area contributed by atoms with Gasteiger partial charge in [-0.2, -0.15) is 0 Å². The Morgan fingerprint density at radius 2 is 1.84 bits per heavy atom. The number of nitrogens with one attached hydrogen (secondary N) is 3. The number of nitrogens with zero attached hydrogens (tertiary/aromatic N) is 2. The minimum absolute atomic E-state index is 0.0176. The standard InChI is InChI=1S/C41H53F2N5O9S/c1-23(2)25(4)56-37(52)45-30-13-11-9-7-8-10-12-26-19-40(26,36(51)47-58(53,54)38(5)16-17-38)46-34(49)31-20-39(22-48(31)35(30)50)21-41(42,43)32-28-18-27(55-6)14-15-29(28)44-24(3)33(32)57-39/h10,12,14-15,18,23,25-26,30-31H,7-9,11,13,16-17,19-22H2,1-6H3,(H,45,52)(H,46,49)(H,47,51)/b12-10-/t25-,26-,30+,31+,39+,40-/m1/s1. The monoisotopic (exact) mass is 829 g/mol. The van der Waals surface area contributed by atoms with Gasteiger partial charge < -0.3 is 29.7 Å². The molecule has 3 aliphatic heterocycles. The van der Waals surface area contributed by atoms with E-state index in [0.29, 0.717) is 49.8 Å². The molecule has 1 aromatic heterocycles. The van der Waals surface area contributed by atoms with Gasteiger partial charge in [0, 0.05) is 17.7 Å². The van der Waals surface area contributed by atoms with Crippen molar-refractivity contribution in [2.75, 3.05) is 13.7 Å². The zero-order valence-electron chi connectivity index (χ0n) is 33.8. The molecule has 0 radical (unpaired) electrons. The number of methoxy groups -OCH3 is 1. The van der Waals surface area contributed by atoms with Crippen LogP contribution in [0, 0.1) is 18.8 Å². The fraction of sp³-hybridized carbons (Fsp3) is 0.634. The number of benzene rings is 1. The number of halogens is 2. The van der Waals surface area contributed by atoms with E-state index in [2.05, 4.69) is 20.3 Å². The van der Waals surface area contributed by atoms with E-state index in [0.717, 1.165) is 4.90 Å². The number of pyridine rings is 1. The molecule has 1 spiro atoms. The molecule has 3 fully saturated rings. The number of ether oxygens (including phenoxy) is 3. The van der Waals surface area contributed by atoms with Gasteiger partial charge in [0.15, 0.2) is 5.75 Å². The molecule has 14 nitrogen and oxygen atoms in total. The number of allylic oxidation sites excluding steroid dienone is 1. The third-order valence-electron chi connectivity index (χ3n) is 12.7. The molecule has 5 aliphatic rings. The van der Waals surface area contributed by atoms with Gasteiger partial charge in [-0.15, -0.1) is 0 Å². The van der Waals surface area contributed by atoms with Crippen LogP contribution in [0.4, 0.5) is 13.6 Å². The van der Waals surface area contributed by atoms with Crippen molar-refractivity contribution in [3.63, 3.8) is 0 Å². The van der Waals surface area contributed by atoms with Crippen LogP contribution in [0.3, 0.4) is 0 Å². The maximum Gasteiger partial charge on any atom is 0.408 e. The van der Waals surface area contributed by atoms with E-state index in [4.69, 9.17) is 14.2 Å². The number of aryl methyl sites for hydroxylation is 1. The maximum atomic E-state index is 16.8. The third-order valence-corrected chi connectivity index (χ3v) is 14.8. The number of hydrogen-bond donors (Lipinski definition) is 3. The van der Waals surface area contributed by atoms with Crippen molar-refractivity contribution in [1.82, 2.24) is 25.2 Å². The Morgan fingerprint density at radius 3 is 2.53 bits per heavy atom. The number of hydrogen-bond acceptors (Lipinski definition) is 10. The zero-order valence-corrected chi connectivity index (χ0v) is 34.6. The Morgan fingerprint density at radius 1 is 1.10 bits per heavy atom. The molecule has 3 N–H and O–H groups in total. The summed E-state index contributed by atoms with van der Waals surface area (Å²) in [5.41, 5.74) is -3.37. The zero-order chi connectivity index (χ0) is 42.0. The molecule has 2 saturated carbocycles. The summed E-state index contributed by atoms with van der Waals surface area (Å²) in [7, 11) is -2.66. The van der Waals surface area contributed by atoms with Gasteiger partial charge in [-0.1, -0.05) is 38.8 Å². The molecule has 58 heavy (non-hydrogen) atoms. The second-order valence-electron chi connectivity index (χ2n) is 17.4. The smallest absolute Gasteiger partial charge is 0.408 e. The molecule has 6 atom stereocenters. The highest BCUT2D eigenvalue weighted by Crippen LogP contribution is 2.55. The molecule has 4 heterocycles. The van der Waals surface area contributed by atoms with E-state index in [9.17, 15) is 27.6 Å². The summed E-state index contributed by atoms with van der Waals surface area (Å²) in [6.07, 6.45) is 4.59. The van der Waals surface area contributed by atoms with Crippen LogP contribution in [0.1, 0.15) is 103 Å². The van der Waals surface area contributed by atoms with E-state index in [1.807, 2.05) is 19.9 Å². The first-order chi connectivity index (χ1) is 27.2. The van der Waals surface area contributed by atoms with Crippen LogP contribution in [-0.4, -0.2) is 89.8 Å². The summed E-state index contributed by atoms with van der Waals surface area (Å²) in [5, 5.41) is 5.61. The summed E-state index contributed by atoms with van der Waals surface area (Å²) in [5.74, 6) is -6.38. The number of sulfonamides is 1. The van der Waals surface area contributed by atoms with E-state index < -0.39 is 99.1 Å². The fourth-order valence-electron chi connectivity index (χ4n) is 8.38. The Labute approximate surface area is 337 Å². The maximum absolute atomic E-state index is 16.8. The summed E-state index contributed by atoms with van der Waals surface area (Å²) < 4.78 is 78.6. The largest absolute Gasteiger partial charge is 0.497 e. The van der Waals surface area contributed by atoms with Crippen LogP contribution < -0.4 is 24.8 Å². The van der Waals surface area contributed by atoms with Gasteiger partial charge in [0.25, 0.3) is 11.8 Å². The van der Waals surface area contributed by atoms with Crippen molar-refractivity contribution in [3.8, 4) is 11.5 Å². The number of carbonyl (C=O) groups is 4. The average molecular weight is 830 g/mol. The lowest BCUT2D eigenvalue weighted by atomic mass is 9.84. The number of alkyl carbamates (subject to hydrolysis) is 1. The summed E-state index contributed by atoms with van der Waals surface area (Å²) in [6, 6.07) is 2.03. The number of rotatable bonds is 7. The van der Waals surface area contributed by atoms with Crippen molar-refractivity contribution >= 4 is 44.7 Å². The van der Waals surface area contributed by atoms with Crippen LogP contribution in [-0.2, 0) is 35.1 Å². The van der Waals surface area contributed by atoms with Crippen LogP contribution in [0.15, 0.2) is 30.4 Å². The first kappa shape index (κ1) is 41.6. The highest BCUT2D eigenvalue weighted by Gasteiger charge is 2.65. The molecule has 0 bridgehead atoms. The predicted octanol–water partition coefficient (Wildman–Crippen LogP) is 5.30. The minimum Gasteiger partial charge on any atom is -0.497 e. The van der Waals surface area contributed by atoms with Crippen LogP contribution >= 0.6 is 0 Å². The van der Waals surface area contributed by atoms with Gasteiger partial charge in [0.05, 0.1) is 41.6 Å². The molecule has 17 heteroatoms. The Balaban J connectivity index is 1.27. The predicted molar refractivity (Wildman–Crippen MR) is 209 cm³/mol. The van der Waals surface area contributed by atoms with Gasteiger partial charge in [-0.05, 0) is 83.4 Å². The quantitative estimate of drug-likeness (QED) is 0.310. The lowest BCUT2D eigenvalue weighted by Gasteiger charge is -2.40. The number of fused-ring (bicyclic) bond motifs is 5. The Bertz CT molecular complexity index is 2160. The molecular formula is C41H53F2N5O9S. The van der Waals surface area contributed by atoms with Crippen LogP contribution in [0.5, 0.6) is 11.5 Å². The Kier molecular flexibility index (Phi) is 10.7. The molecule has 2 aliphatic carbocycles. The summed E-state index contributed by atoms with van der Waals surface area (Å²) >= 11 is 0. The number of aromatic nitrogens is 1. The summed E-state index contributed by atoms with van der Waals surface area (Å²) in [4.78, 5) is 62.2. The van der Waals surface area contributed by atoms with Gasteiger partial charge >= 0.3 is 6.09 Å². The van der Waals surface area contributed by atoms with E-state index in [1.54, 1.807) is 39.0 Å². The van der Waals surface area contributed by atoms with Gasteiger partial charge in [-0.3, -0.25) is 19.1 Å². The van der Waals surface area contributed by atoms with E-state index >= 15 is 8.78 Å². The molecule has 316 valence electrons. The van der Waals surface area contributed by atoms with Gasteiger partial charge in [0.2, 0.25) is 21.8 Å². The van der Waals surface area contributed by atoms with Crippen molar-refractivity contribution in [2.45, 2.75) is 139 Å². The van der Waals surface area contributed by atoms with Crippen LogP contribution in [0.2, 0.25) is 0 Å².